The minimum Gasteiger partial charge on any atom is -0.396 e. The van der Waals surface area contributed by atoms with Crippen molar-refractivity contribution in [1.82, 2.24) is 9.97 Å². The molecule has 0 aliphatic carbocycles. The second-order valence-corrected chi connectivity index (χ2v) is 4.14. The monoisotopic (exact) mass is 222 g/mol. The van der Waals surface area contributed by atoms with Gasteiger partial charge in [-0.2, -0.15) is 0 Å². The highest BCUT2D eigenvalue weighted by molar-refractivity contribution is 5.43. The van der Waals surface area contributed by atoms with E-state index in [1.807, 2.05) is 0 Å². The molecule has 1 aliphatic rings. The molecule has 0 bridgehead atoms. The number of aliphatic hydroxyl groups excluding tert-OH is 1. The van der Waals surface area contributed by atoms with E-state index in [9.17, 15) is 0 Å². The van der Waals surface area contributed by atoms with Crippen molar-refractivity contribution in [2.45, 2.75) is 19.4 Å². The molecule has 1 aromatic heterocycles. The van der Waals surface area contributed by atoms with Crippen LogP contribution in [-0.2, 0) is 6.54 Å². The minimum absolute atomic E-state index is 0.290. The van der Waals surface area contributed by atoms with Gasteiger partial charge < -0.3 is 15.7 Å². The highest BCUT2D eigenvalue weighted by Gasteiger charge is 2.21. The van der Waals surface area contributed by atoms with Crippen LogP contribution in [0.1, 0.15) is 18.5 Å². The molecule has 0 radical (unpaired) electrons. The Kier molecular flexibility index (Phi) is 3.69. The molecule has 88 valence electrons. The highest BCUT2D eigenvalue weighted by atomic mass is 16.3. The normalized spacial score (nSPS) is 17.8. The molecule has 0 atom stereocenters. The lowest BCUT2D eigenvalue weighted by molar-refractivity contribution is 0.202. The summed E-state index contributed by atoms with van der Waals surface area (Å²) in [5.74, 6) is 1.34. The lowest BCUT2D eigenvalue weighted by Crippen LogP contribution is -2.36. The molecular weight excluding hydrogens is 204 g/mol. The Hall–Kier alpha value is -1.20. The number of aliphatic hydroxyl groups is 1. The van der Waals surface area contributed by atoms with Crippen LogP contribution in [0.2, 0.25) is 0 Å². The first kappa shape index (κ1) is 11.3. The third kappa shape index (κ3) is 2.31. The van der Waals surface area contributed by atoms with Crippen LogP contribution in [0.3, 0.4) is 0 Å². The molecule has 0 saturated carbocycles. The molecule has 1 aliphatic heterocycles. The molecule has 16 heavy (non-hydrogen) atoms. The summed E-state index contributed by atoms with van der Waals surface area (Å²) in [6.45, 7) is 2.56. The summed E-state index contributed by atoms with van der Waals surface area (Å²) in [4.78, 5) is 10.8. The van der Waals surface area contributed by atoms with Gasteiger partial charge in [0.25, 0.3) is 0 Å². The van der Waals surface area contributed by atoms with Crippen molar-refractivity contribution in [1.29, 1.82) is 0 Å². The zero-order valence-corrected chi connectivity index (χ0v) is 9.34. The van der Waals surface area contributed by atoms with Gasteiger partial charge in [-0.05, 0) is 18.8 Å². The van der Waals surface area contributed by atoms with E-state index in [1.165, 1.54) is 0 Å². The van der Waals surface area contributed by atoms with Gasteiger partial charge in [-0.15, -0.1) is 0 Å². The summed E-state index contributed by atoms with van der Waals surface area (Å²) < 4.78 is 0. The Morgan fingerprint density at radius 3 is 2.62 bits per heavy atom. The highest BCUT2D eigenvalue weighted by Crippen LogP contribution is 2.22. The van der Waals surface area contributed by atoms with Crippen molar-refractivity contribution in [3.05, 3.63) is 18.1 Å². The van der Waals surface area contributed by atoms with E-state index < -0.39 is 0 Å². The molecule has 5 nitrogen and oxygen atoms in total. The van der Waals surface area contributed by atoms with Gasteiger partial charge in [0.05, 0.1) is 5.69 Å². The van der Waals surface area contributed by atoms with Gasteiger partial charge in [0, 0.05) is 38.6 Å². The molecule has 2 heterocycles. The molecule has 0 unspecified atom stereocenters. The molecule has 2 rings (SSSR count). The summed E-state index contributed by atoms with van der Waals surface area (Å²) in [5, 5.41) is 9.08. The van der Waals surface area contributed by atoms with Crippen molar-refractivity contribution in [3.63, 3.8) is 0 Å². The van der Waals surface area contributed by atoms with E-state index in [4.69, 9.17) is 10.8 Å². The van der Waals surface area contributed by atoms with E-state index in [2.05, 4.69) is 14.9 Å². The summed E-state index contributed by atoms with van der Waals surface area (Å²) in [6, 6.07) is 0. The molecule has 1 fully saturated rings. The fourth-order valence-corrected chi connectivity index (χ4v) is 2.09. The number of aromatic nitrogens is 2. The standard InChI is InChI=1S/C11H18N4O/c12-7-10-11(14-4-3-13-10)15-5-1-9(8-16)2-6-15/h3-4,9,16H,1-2,5-8,12H2. The number of nitrogens with zero attached hydrogens (tertiary/aromatic N) is 3. The molecule has 0 amide bonds. The largest absolute Gasteiger partial charge is 0.396 e. The zero-order valence-electron chi connectivity index (χ0n) is 9.34. The zero-order chi connectivity index (χ0) is 11.4. The Labute approximate surface area is 95.3 Å². The van der Waals surface area contributed by atoms with Crippen LogP contribution >= 0.6 is 0 Å². The number of rotatable bonds is 3. The Balaban J connectivity index is 2.07. The van der Waals surface area contributed by atoms with Crippen LogP contribution < -0.4 is 10.6 Å². The van der Waals surface area contributed by atoms with E-state index in [0.29, 0.717) is 12.5 Å². The average Bonchev–Trinajstić information content (AvgIpc) is 2.39. The summed E-state index contributed by atoms with van der Waals surface area (Å²) in [7, 11) is 0. The summed E-state index contributed by atoms with van der Waals surface area (Å²) in [6.07, 6.45) is 5.40. The van der Waals surface area contributed by atoms with Crippen LogP contribution in [0, 0.1) is 5.92 Å². The van der Waals surface area contributed by atoms with Gasteiger partial charge in [0.1, 0.15) is 0 Å². The van der Waals surface area contributed by atoms with Gasteiger partial charge in [-0.25, -0.2) is 4.98 Å². The van der Waals surface area contributed by atoms with Crippen LogP contribution in [0.25, 0.3) is 0 Å². The molecule has 1 saturated heterocycles. The van der Waals surface area contributed by atoms with Crippen LogP contribution in [0.15, 0.2) is 12.4 Å². The lowest BCUT2D eigenvalue weighted by atomic mass is 9.98. The fourth-order valence-electron chi connectivity index (χ4n) is 2.09. The number of piperidine rings is 1. The van der Waals surface area contributed by atoms with Gasteiger partial charge in [-0.1, -0.05) is 0 Å². The maximum Gasteiger partial charge on any atom is 0.151 e. The molecule has 5 heteroatoms. The fraction of sp³-hybridized carbons (Fsp3) is 0.636. The topological polar surface area (TPSA) is 75.3 Å². The van der Waals surface area contributed by atoms with Gasteiger partial charge in [0.15, 0.2) is 5.82 Å². The molecular formula is C11H18N4O. The molecule has 1 aromatic rings. The molecule has 3 N–H and O–H groups in total. The Bertz CT molecular complexity index is 337. The average molecular weight is 222 g/mol. The second kappa shape index (κ2) is 5.23. The minimum atomic E-state index is 0.290. The third-order valence-electron chi connectivity index (χ3n) is 3.12. The lowest BCUT2D eigenvalue weighted by Gasteiger charge is -2.32. The number of anilines is 1. The van der Waals surface area contributed by atoms with Crippen LogP contribution in [-0.4, -0.2) is 34.8 Å². The summed E-state index contributed by atoms with van der Waals surface area (Å²) >= 11 is 0. The van der Waals surface area contributed by atoms with Crippen LogP contribution in [0.4, 0.5) is 5.82 Å². The van der Waals surface area contributed by atoms with E-state index in [1.54, 1.807) is 12.4 Å². The first-order chi connectivity index (χ1) is 7.85. The van der Waals surface area contributed by atoms with Crippen molar-refractivity contribution in [2.24, 2.45) is 11.7 Å². The van der Waals surface area contributed by atoms with Gasteiger partial charge >= 0.3 is 0 Å². The van der Waals surface area contributed by atoms with Crippen LogP contribution in [0.5, 0.6) is 0 Å². The smallest absolute Gasteiger partial charge is 0.151 e. The van der Waals surface area contributed by atoms with Crippen molar-refractivity contribution in [3.8, 4) is 0 Å². The van der Waals surface area contributed by atoms with Crippen molar-refractivity contribution >= 4 is 5.82 Å². The van der Waals surface area contributed by atoms with E-state index in [0.717, 1.165) is 37.4 Å². The maximum absolute atomic E-state index is 9.08. The van der Waals surface area contributed by atoms with Gasteiger partial charge in [0.2, 0.25) is 0 Å². The number of nitrogens with two attached hydrogens (primary N) is 1. The SMILES string of the molecule is NCc1nccnc1N1CCC(CO)CC1. The first-order valence-corrected chi connectivity index (χ1v) is 5.71. The van der Waals surface area contributed by atoms with Crippen molar-refractivity contribution < 1.29 is 5.11 Å². The number of hydrogen-bond acceptors (Lipinski definition) is 5. The van der Waals surface area contributed by atoms with Crippen molar-refractivity contribution in [2.75, 3.05) is 24.6 Å². The predicted molar refractivity (Wildman–Crippen MR) is 61.9 cm³/mol. The summed E-state index contributed by atoms with van der Waals surface area (Å²) in [5.41, 5.74) is 6.49. The van der Waals surface area contributed by atoms with E-state index >= 15 is 0 Å². The quantitative estimate of drug-likeness (QED) is 0.761. The Morgan fingerprint density at radius 1 is 1.31 bits per heavy atom. The molecule has 0 spiro atoms. The molecule has 0 aromatic carbocycles. The predicted octanol–water partition coefficient (Wildman–Crippen LogP) is 0.144. The van der Waals surface area contributed by atoms with E-state index in [-0.39, 0.29) is 6.61 Å². The number of hydrogen-bond donors (Lipinski definition) is 2. The third-order valence-corrected chi connectivity index (χ3v) is 3.12. The Morgan fingerprint density at radius 2 is 2.00 bits per heavy atom. The first-order valence-electron chi connectivity index (χ1n) is 5.71. The van der Waals surface area contributed by atoms with Gasteiger partial charge in [-0.3, -0.25) is 4.98 Å². The maximum atomic E-state index is 9.08. The second-order valence-electron chi connectivity index (χ2n) is 4.14.